The van der Waals surface area contributed by atoms with E-state index in [2.05, 4.69) is 0 Å². The van der Waals surface area contributed by atoms with Gasteiger partial charge in [0.25, 0.3) is 0 Å². The molecule has 0 fully saturated rings. The minimum absolute atomic E-state index is 0.141. The van der Waals surface area contributed by atoms with Crippen LogP contribution >= 0.6 is 0 Å². The second-order valence-corrected chi connectivity index (χ2v) is 6.90. The molecule has 7 nitrogen and oxygen atoms in total. The Morgan fingerprint density at radius 2 is 1.65 bits per heavy atom. The maximum atomic E-state index is 12.1. The lowest BCUT2D eigenvalue weighted by Crippen LogP contribution is -2.39. The first-order valence-electron chi connectivity index (χ1n) is 8.76. The third kappa shape index (κ3) is 7.31. The highest BCUT2D eigenvalue weighted by atomic mass is 16.6. The van der Waals surface area contributed by atoms with Gasteiger partial charge in [-0.25, -0.2) is 0 Å². The number of nitrogens with two attached hydrogens (primary N) is 1. The van der Waals surface area contributed by atoms with Crippen LogP contribution in [0.25, 0.3) is 0 Å². The molecule has 0 heterocycles. The van der Waals surface area contributed by atoms with Gasteiger partial charge in [-0.15, -0.1) is 0 Å². The average Bonchev–Trinajstić information content (AvgIpc) is 2.56. The zero-order valence-electron chi connectivity index (χ0n) is 15.8. The van der Waals surface area contributed by atoms with Crippen LogP contribution in [0.5, 0.6) is 11.5 Å². The molecule has 1 rings (SSSR count). The monoisotopic (exact) mass is 367 g/mol. The van der Waals surface area contributed by atoms with E-state index in [1.807, 2.05) is 13.8 Å². The van der Waals surface area contributed by atoms with Crippen LogP contribution in [0.15, 0.2) is 18.2 Å². The van der Waals surface area contributed by atoms with E-state index in [0.717, 1.165) is 6.42 Å². The van der Waals surface area contributed by atoms with Crippen molar-refractivity contribution in [3.8, 4) is 11.5 Å². The van der Waals surface area contributed by atoms with Crippen molar-refractivity contribution in [2.75, 3.05) is 0 Å². The summed E-state index contributed by atoms with van der Waals surface area (Å²) in [5.74, 6) is -1.07. The predicted molar refractivity (Wildman–Crippen MR) is 96.6 cm³/mol. The van der Waals surface area contributed by atoms with Crippen molar-refractivity contribution in [2.45, 2.75) is 65.2 Å². The number of phenolic OH excluding ortho intramolecular Hbond substituents is 2. The smallest absolute Gasteiger partial charge is 0.323 e. The second kappa shape index (κ2) is 10.0. The summed E-state index contributed by atoms with van der Waals surface area (Å²) in [6.07, 6.45) is -0.00764. The first-order valence-corrected chi connectivity index (χ1v) is 8.76. The zero-order valence-corrected chi connectivity index (χ0v) is 15.8. The van der Waals surface area contributed by atoms with Crippen molar-refractivity contribution in [1.82, 2.24) is 0 Å². The van der Waals surface area contributed by atoms with Gasteiger partial charge >= 0.3 is 11.9 Å². The quantitative estimate of drug-likeness (QED) is 0.452. The van der Waals surface area contributed by atoms with Crippen LogP contribution in [-0.2, 0) is 25.5 Å². The Bertz CT molecular complexity index is 616. The molecule has 0 aliphatic carbocycles. The van der Waals surface area contributed by atoms with Crippen molar-refractivity contribution in [2.24, 2.45) is 11.7 Å². The summed E-state index contributed by atoms with van der Waals surface area (Å²) in [7, 11) is 0. The Balaban J connectivity index is 2.48. The molecular weight excluding hydrogens is 338 g/mol. The Morgan fingerprint density at radius 1 is 1.04 bits per heavy atom. The molecule has 0 saturated heterocycles. The third-order valence-corrected chi connectivity index (χ3v) is 4.00. The van der Waals surface area contributed by atoms with E-state index in [1.54, 1.807) is 19.9 Å². The molecule has 0 amide bonds. The highest BCUT2D eigenvalue weighted by Gasteiger charge is 2.24. The van der Waals surface area contributed by atoms with E-state index in [-0.39, 0.29) is 23.9 Å². The number of esters is 2. The van der Waals surface area contributed by atoms with Gasteiger partial charge in [-0.3, -0.25) is 9.59 Å². The van der Waals surface area contributed by atoms with Crippen LogP contribution < -0.4 is 5.73 Å². The molecule has 26 heavy (non-hydrogen) atoms. The molecule has 1 unspecified atom stereocenters. The number of benzene rings is 1. The largest absolute Gasteiger partial charge is 0.504 e. The molecule has 146 valence electrons. The van der Waals surface area contributed by atoms with Crippen molar-refractivity contribution < 1.29 is 29.3 Å². The summed E-state index contributed by atoms with van der Waals surface area (Å²) >= 11 is 0. The van der Waals surface area contributed by atoms with Crippen LogP contribution in [0, 0.1) is 5.92 Å². The zero-order chi connectivity index (χ0) is 19.9. The lowest BCUT2D eigenvalue weighted by atomic mass is 10.1. The van der Waals surface area contributed by atoms with E-state index < -0.39 is 24.2 Å². The maximum Gasteiger partial charge on any atom is 0.323 e. The van der Waals surface area contributed by atoms with Crippen molar-refractivity contribution >= 4 is 11.9 Å². The number of carbonyl (C=O) groups excluding carboxylic acids is 2. The van der Waals surface area contributed by atoms with E-state index in [1.165, 1.54) is 12.1 Å². The molecule has 4 N–H and O–H groups in total. The number of rotatable bonds is 9. The van der Waals surface area contributed by atoms with Crippen LogP contribution in [0.1, 0.15) is 46.1 Å². The van der Waals surface area contributed by atoms with Crippen LogP contribution in [0.4, 0.5) is 0 Å². The highest BCUT2D eigenvalue weighted by molar-refractivity contribution is 5.76. The molecule has 0 aliphatic heterocycles. The Morgan fingerprint density at radius 3 is 2.23 bits per heavy atom. The van der Waals surface area contributed by atoms with Crippen LogP contribution in [-0.4, -0.2) is 40.4 Å². The molecule has 1 aromatic carbocycles. The summed E-state index contributed by atoms with van der Waals surface area (Å²) in [5.41, 5.74) is 6.43. The fourth-order valence-electron chi connectivity index (χ4n) is 2.17. The second-order valence-electron chi connectivity index (χ2n) is 6.90. The van der Waals surface area contributed by atoms with Gasteiger partial charge in [0.2, 0.25) is 0 Å². The number of ether oxygens (including phenoxy) is 2. The molecule has 0 spiro atoms. The summed E-state index contributed by atoms with van der Waals surface area (Å²) in [4.78, 5) is 23.9. The lowest BCUT2D eigenvalue weighted by Gasteiger charge is -2.22. The maximum absolute atomic E-state index is 12.1. The summed E-state index contributed by atoms with van der Waals surface area (Å²) in [6, 6.07) is 3.28. The van der Waals surface area contributed by atoms with Gasteiger partial charge in [0.1, 0.15) is 18.2 Å². The third-order valence-electron chi connectivity index (χ3n) is 4.00. The molecule has 3 atom stereocenters. The molecule has 0 saturated carbocycles. The fraction of sp³-hybridized carbons (Fsp3) is 0.579. The number of hydrogen-bond donors (Lipinski definition) is 3. The van der Waals surface area contributed by atoms with Crippen molar-refractivity contribution in [1.29, 1.82) is 0 Å². The predicted octanol–water partition coefficient (Wildman–Crippen LogP) is 2.27. The molecule has 0 aliphatic rings. The topological polar surface area (TPSA) is 119 Å². The van der Waals surface area contributed by atoms with Gasteiger partial charge in [-0.05, 0) is 50.3 Å². The Hall–Kier alpha value is -2.28. The van der Waals surface area contributed by atoms with E-state index >= 15 is 0 Å². The Labute approximate surface area is 154 Å². The van der Waals surface area contributed by atoms with Crippen LogP contribution in [0.3, 0.4) is 0 Å². The molecule has 0 bridgehead atoms. The van der Waals surface area contributed by atoms with E-state index in [0.29, 0.717) is 17.9 Å². The van der Waals surface area contributed by atoms with Crippen LogP contribution in [0.2, 0.25) is 0 Å². The first-order chi connectivity index (χ1) is 12.1. The highest BCUT2D eigenvalue weighted by Crippen LogP contribution is 2.25. The van der Waals surface area contributed by atoms with Gasteiger partial charge in [0, 0.05) is 6.42 Å². The number of hydrogen-bond acceptors (Lipinski definition) is 7. The van der Waals surface area contributed by atoms with E-state index in [9.17, 15) is 19.8 Å². The number of aromatic hydroxyl groups is 2. The minimum atomic E-state index is -0.940. The average molecular weight is 367 g/mol. The lowest BCUT2D eigenvalue weighted by molar-refractivity contribution is -0.166. The molecule has 1 aromatic rings. The van der Waals surface area contributed by atoms with Gasteiger partial charge in [0.05, 0.1) is 0 Å². The summed E-state index contributed by atoms with van der Waals surface area (Å²) in [5, 5.41) is 18.8. The van der Waals surface area contributed by atoms with E-state index in [4.69, 9.17) is 15.2 Å². The molecule has 0 aromatic heterocycles. The Kier molecular flexibility index (Phi) is 8.38. The number of phenols is 2. The van der Waals surface area contributed by atoms with Crippen molar-refractivity contribution in [3.05, 3.63) is 23.8 Å². The normalized spacial score (nSPS) is 14.5. The van der Waals surface area contributed by atoms with Gasteiger partial charge in [-0.1, -0.05) is 19.9 Å². The van der Waals surface area contributed by atoms with Gasteiger partial charge in [0.15, 0.2) is 11.5 Å². The molecule has 7 heteroatoms. The summed E-state index contributed by atoms with van der Waals surface area (Å²) < 4.78 is 10.5. The van der Waals surface area contributed by atoms with Crippen molar-refractivity contribution in [3.63, 3.8) is 0 Å². The molecule has 0 radical (unpaired) electrons. The summed E-state index contributed by atoms with van der Waals surface area (Å²) in [6.45, 7) is 7.35. The minimum Gasteiger partial charge on any atom is -0.504 e. The van der Waals surface area contributed by atoms with Gasteiger partial charge < -0.3 is 25.4 Å². The van der Waals surface area contributed by atoms with Gasteiger partial charge in [-0.2, -0.15) is 0 Å². The SMILES string of the molecule is CC(C)CCC(=O)OC(C)[C@H](C)OC(=O)[C@@H](N)Cc1ccc(O)c(O)c1. The standard InChI is InChI=1S/C19H29NO6/c1-11(2)5-8-18(23)25-12(3)13(4)26-19(24)15(20)9-14-6-7-16(21)17(22)10-14/h6-7,10-13,15,21-22H,5,8-9,20H2,1-4H3/t12?,13-,15-/m0/s1. The fourth-order valence-corrected chi connectivity index (χ4v) is 2.17. The molecular formula is C19H29NO6. The number of carbonyl (C=O) groups is 2. The first kappa shape index (κ1) is 21.8.